The van der Waals surface area contributed by atoms with Crippen LogP contribution in [0.1, 0.15) is 33.6 Å². The van der Waals surface area contributed by atoms with Crippen LogP contribution in [-0.2, 0) is 13.9 Å². The first-order valence-electron chi connectivity index (χ1n) is 8.42. The number of rotatable bonds is 5. The SMILES string of the molecule is CC(C)(C)[Si](C)(C)OC[C@]1(CCO)C[C@H]2OC[C@H](O)[C@H](O)[C@H]2O1. The van der Waals surface area contributed by atoms with E-state index in [1.165, 1.54) is 0 Å². The zero-order chi connectivity index (χ0) is 17.5. The van der Waals surface area contributed by atoms with E-state index >= 15 is 0 Å². The van der Waals surface area contributed by atoms with Crippen LogP contribution in [0.3, 0.4) is 0 Å². The van der Waals surface area contributed by atoms with Crippen LogP contribution in [0.5, 0.6) is 0 Å². The third-order valence-corrected chi connectivity index (χ3v) is 10.1. The molecule has 6 nitrogen and oxygen atoms in total. The minimum Gasteiger partial charge on any atom is -0.414 e. The first-order chi connectivity index (χ1) is 10.5. The van der Waals surface area contributed by atoms with Crippen molar-refractivity contribution in [3.05, 3.63) is 0 Å². The molecule has 0 saturated carbocycles. The summed E-state index contributed by atoms with van der Waals surface area (Å²) in [4.78, 5) is 0. The van der Waals surface area contributed by atoms with Crippen molar-refractivity contribution in [3.8, 4) is 0 Å². The van der Waals surface area contributed by atoms with Crippen LogP contribution in [0.25, 0.3) is 0 Å². The Kier molecular flexibility index (Phi) is 5.63. The van der Waals surface area contributed by atoms with Crippen molar-refractivity contribution in [2.75, 3.05) is 19.8 Å². The van der Waals surface area contributed by atoms with Gasteiger partial charge in [0.15, 0.2) is 8.32 Å². The Hall–Kier alpha value is -0.0231. The van der Waals surface area contributed by atoms with Gasteiger partial charge in [-0.1, -0.05) is 20.8 Å². The molecular weight excluding hydrogens is 316 g/mol. The molecule has 0 aromatic carbocycles. The van der Waals surface area contributed by atoms with Gasteiger partial charge in [-0.05, 0) is 18.1 Å². The summed E-state index contributed by atoms with van der Waals surface area (Å²) in [5.41, 5.74) is -0.662. The standard InChI is InChI=1S/C16H32O6Si/c1-15(2,3)23(4,5)21-10-16(6-7-17)8-12-14(22-16)13(19)11(18)9-20-12/h11-14,17-19H,6-10H2,1-5H3/t11-,12+,13-,14-,16-/m0/s1. The van der Waals surface area contributed by atoms with Crippen LogP contribution < -0.4 is 0 Å². The molecule has 2 fully saturated rings. The van der Waals surface area contributed by atoms with Gasteiger partial charge in [-0.25, -0.2) is 0 Å². The normalized spacial score (nSPS) is 38.6. The van der Waals surface area contributed by atoms with Gasteiger partial charge in [-0.3, -0.25) is 0 Å². The van der Waals surface area contributed by atoms with E-state index in [0.29, 0.717) is 19.4 Å². The third kappa shape index (κ3) is 3.97. The monoisotopic (exact) mass is 348 g/mol. The summed E-state index contributed by atoms with van der Waals surface area (Å²) in [6.45, 7) is 11.4. The minimum atomic E-state index is -1.94. The Morgan fingerprint density at radius 3 is 2.48 bits per heavy atom. The molecule has 2 aliphatic heterocycles. The Morgan fingerprint density at radius 2 is 1.91 bits per heavy atom. The van der Waals surface area contributed by atoms with Crippen molar-refractivity contribution in [1.29, 1.82) is 0 Å². The van der Waals surface area contributed by atoms with E-state index in [4.69, 9.17) is 13.9 Å². The lowest BCUT2D eigenvalue weighted by Gasteiger charge is -2.40. The molecule has 7 heteroatoms. The van der Waals surface area contributed by atoms with Gasteiger partial charge < -0.3 is 29.2 Å². The van der Waals surface area contributed by atoms with Gasteiger partial charge in [-0.2, -0.15) is 0 Å². The fourth-order valence-corrected chi connectivity index (χ4v) is 3.99. The average Bonchev–Trinajstić information content (AvgIpc) is 2.80. The molecular formula is C16H32O6Si. The molecule has 2 aliphatic rings. The highest BCUT2D eigenvalue weighted by atomic mass is 28.4. The number of aliphatic hydroxyl groups is 3. The second kappa shape index (κ2) is 6.71. The molecule has 2 rings (SSSR count). The van der Waals surface area contributed by atoms with E-state index in [0.717, 1.165) is 0 Å². The summed E-state index contributed by atoms with van der Waals surface area (Å²) in [5.74, 6) is 0. The second-order valence-electron chi connectivity index (χ2n) is 8.42. The summed E-state index contributed by atoms with van der Waals surface area (Å²) in [6.07, 6.45) is -1.71. The molecule has 3 N–H and O–H groups in total. The second-order valence-corrected chi connectivity index (χ2v) is 13.2. The molecule has 0 spiro atoms. The maximum Gasteiger partial charge on any atom is 0.192 e. The van der Waals surface area contributed by atoms with E-state index in [1.807, 2.05) is 0 Å². The van der Waals surface area contributed by atoms with Gasteiger partial charge in [0.1, 0.15) is 18.3 Å². The Morgan fingerprint density at radius 1 is 1.26 bits per heavy atom. The molecule has 0 radical (unpaired) electrons. The molecule has 0 amide bonds. The smallest absolute Gasteiger partial charge is 0.192 e. The fraction of sp³-hybridized carbons (Fsp3) is 1.00. The lowest BCUT2D eigenvalue weighted by atomic mass is 9.93. The maximum absolute atomic E-state index is 10.2. The first kappa shape index (κ1) is 19.3. The van der Waals surface area contributed by atoms with Crippen molar-refractivity contribution in [1.82, 2.24) is 0 Å². The van der Waals surface area contributed by atoms with Crippen LogP contribution in [-0.4, -0.2) is 73.5 Å². The fourth-order valence-electron chi connectivity index (χ4n) is 2.94. The van der Waals surface area contributed by atoms with Crippen LogP contribution in [0.2, 0.25) is 18.1 Å². The Labute approximate surface area is 139 Å². The number of aliphatic hydroxyl groups excluding tert-OH is 3. The number of hydrogen-bond donors (Lipinski definition) is 3. The molecule has 2 saturated heterocycles. The molecule has 136 valence electrons. The van der Waals surface area contributed by atoms with Crippen molar-refractivity contribution >= 4 is 8.32 Å². The highest BCUT2D eigenvalue weighted by Gasteiger charge is 2.54. The molecule has 2 heterocycles. The Balaban J connectivity index is 2.09. The zero-order valence-corrected chi connectivity index (χ0v) is 15.9. The summed E-state index contributed by atoms with van der Waals surface area (Å²) in [5, 5.41) is 29.5. The summed E-state index contributed by atoms with van der Waals surface area (Å²) >= 11 is 0. The van der Waals surface area contributed by atoms with Crippen LogP contribution >= 0.6 is 0 Å². The van der Waals surface area contributed by atoms with E-state index in [2.05, 4.69) is 33.9 Å². The summed E-state index contributed by atoms with van der Waals surface area (Å²) < 4.78 is 18.0. The lowest BCUT2D eigenvalue weighted by molar-refractivity contribution is -0.191. The van der Waals surface area contributed by atoms with Crippen molar-refractivity contribution in [2.45, 2.75) is 81.8 Å². The third-order valence-electron chi connectivity index (χ3n) is 5.61. The van der Waals surface area contributed by atoms with Crippen LogP contribution in [0, 0.1) is 0 Å². The van der Waals surface area contributed by atoms with E-state index in [9.17, 15) is 15.3 Å². The minimum absolute atomic E-state index is 0.0149. The van der Waals surface area contributed by atoms with Crippen molar-refractivity contribution in [3.63, 3.8) is 0 Å². The van der Waals surface area contributed by atoms with Gasteiger partial charge in [0.05, 0.1) is 24.9 Å². The highest BCUT2D eigenvalue weighted by molar-refractivity contribution is 6.74. The highest BCUT2D eigenvalue weighted by Crippen LogP contribution is 2.42. The molecule has 0 aromatic heterocycles. The molecule has 5 atom stereocenters. The van der Waals surface area contributed by atoms with Crippen LogP contribution in [0.4, 0.5) is 0 Å². The molecule has 0 bridgehead atoms. The average molecular weight is 349 g/mol. The number of hydrogen-bond acceptors (Lipinski definition) is 6. The van der Waals surface area contributed by atoms with E-state index in [-0.39, 0.29) is 24.4 Å². The molecule has 0 aliphatic carbocycles. The van der Waals surface area contributed by atoms with E-state index in [1.54, 1.807) is 0 Å². The molecule has 23 heavy (non-hydrogen) atoms. The largest absolute Gasteiger partial charge is 0.414 e. The van der Waals surface area contributed by atoms with Crippen LogP contribution in [0.15, 0.2) is 0 Å². The summed E-state index contributed by atoms with van der Waals surface area (Å²) in [7, 11) is -1.94. The molecule has 0 unspecified atom stereocenters. The van der Waals surface area contributed by atoms with Gasteiger partial charge in [0, 0.05) is 19.4 Å². The van der Waals surface area contributed by atoms with Gasteiger partial charge >= 0.3 is 0 Å². The summed E-state index contributed by atoms with van der Waals surface area (Å²) in [6, 6.07) is 0. The quantitative estimate of drug-likeness (QED) is 0.644. The van der Waals surface area contributed by atoms with Gasteiger partial charge in [-0.15, -0.1) is 0 Å². The first-order valence-corrected chi connectivity index (χ1v) is 11.3. The topological polar surface area (TPSA) is 88.4 Å². The van der Waals surface area contributed by atoms with Crippen molar-refractivity contribution < 1.29 is 29.2 Å². The predicted octanol–water partition coefficient (Wildman–Crippen LogP) is 1.04. The maximum atomic E-state index is 10.2. The zero-order valence-electron chi connectivity index (χ0n) is 14.9. The Bertz CT molecular complexity index is 410. The lowest BCUT2D eigenvalue weighted by Crippen LogP contribution is -2.51. The van der Waals surface area contributed by atoms with Gasteiger partial charge in [0.2, 0.25) is 0 Å². The number of fused-ring (bicyclic) bond motifs is 1. The molecule has 0 aromatic rings. The van der Waals surface area contributed by atoms with Gasteiger partial charge in [0.25, 0.3) is 0 Å². The number of ether oxygens (including phenoxy) is 2. The van der Waals surface area contributed by atoms with Crippen molar-refractivity contribution in [2.24, 2.45) is 0 Å². The predicted molar refractivity (Wildman–Crippen MR) is 88.8 cm³/mol. The van der Waals surface area contributed by atoms with E-state index < -0.39 is 32.2 Å².